The van der Waals surface area contributed by atoms with Gasteiger partial charge in [0.1, 0.15) is 5.38 Å². The maximum absolute atomic E-state index is 11.6. The molecule has 15 heavy (non-hydrogen) atoms. The second-order valence-electron chi connectivity index (χ2n) is 3.29. The van der Waals surface area contributed by atoms with E-state index in [0.717, 1.165) is 0 Å². The molecule has 1 heterocycles. The van der Waals surface area contributed by atoms with E-state index in [-0.39, 0.29) is 5.78 Å². The van der Waals surface area contributed by atoms with E-state index in [9.17, 15) is 4.79 Å². The summed E-state index contributed by atoms with van der Waals surface area (Å²) in [6.45, 7) is 0. The lowest BCUT2D eigenvalue weighted by Gasteiger charge is -2.13. The van der Waals surface area contributed by atoms with Crippen LogP contribution in [0, 0.1) is 0 Å². The van der Waals surface area contributed by atoms with Crippen molar-refractivity contribution in [3.8, 4) is 0 Å². The molecule has 1 atom stereocenters. The number of rotatable bonds is 2. The van der Waals surface area contributed by atoms with Crippen LogP contribution in [0.1, 0.15) is 17.5 Å². The zero-order valence-electron chi connectivity index (χ0n) is 8.06. The summed E-state index contributed by atoms with van der Waals surface area (Å²) < 4.78 is 0. The molecule has 2 nitrogen and oxygen atoms in total. The molecule has 0 saturated carbocycles. The minimum Gasteiger partial charge on any atom is -0.294 e. The molecule has 2 rings (SSSR count). The lowest BCUT2D eigenvalue weighted by molar-refractivity contribution is -0.115. The van der Waals surface area contributed by atoms with E-state index in [0.29, 0.717) is 17.7 Å². The molecule has 0 aliphatic heterocycles. The third-order valence-electron chi connectivity index (χ3n) is 2.26. The predicted molar refractivity (Wildman–Crippen MR) is 59.7 cm³/mol. The van der Waals surface area contributed by atoms with Crippen LogP contribution >= 0.6 is 11.6 Å². The fourth-order valence-electron chi connectivity index (χ4n) is 1.47. The van der Waals surface area contributed by atoms with Crippen LogP contribution in [0.25, 0.3) is 0 Å². The van der Waals surface area contributed by atoms with E-state index in [4.69, 9.17) is 11.6 Å². The van der Waals surface area contributed by atoms with Crippen LogP contribution < -0.4 is 0 Å². The summed E-state index contributed by atoms with van der Waals surface area (Å²) in [6, 6.07) is 5.51. The summed E-state index contributed by atoms with van der Waals surface area (Å²) in [5, 5.41) is -0.441. The van der Waals surface area contributed by atoms with Gasteiger partial charge < -0.3 is 0 Å². The molecule has 76 valence electrons. The van der Waals surface area contributed by atoms with Gasteiger partial charge in [-0.05, 0) is 12.1 Å². The average molecular weight is 220 g/mol. The smallest absolute Gasteiger partial charge is 0.164 e. The number of pyridine rings is 1. The highest BCUT2D eigenvalue weighted by molar-refractivity contribution is 6.26. The molecule has 0 amide bonds. The maximum atomic E-state index is 11.6. The molecule has 0 spiro atoms. The van der Waals surface area contributed by atoms with Crippen molar-refractivity contribution in [2.24, 2.45) is 0 Å². The average Bonchev–Trinajstić information content (AvgIpc) is 2.30. The number of hydrogen-bond donors (Lipinski definition) is 0. The molecule has 0 radical (unpaired) electrons. The van der Waals surface area contributed by atoms with E-state index in [2.05, 4.69) is 4.98 Å². The molecule has 1 aliphatic carbocycles. The van der Waals surface area contributed by atoms with Gasteiger partial charge in [0.2, 0.25) is 0 Å². The van der Waals surface area contributed by atoms with Crippen molar-refractivity contribution in [1.82, 2.24) is 4.98 Å². The SMILES string of the molecule is O=C1CC=CC=C1C(Cl)c1ccccn1. The normalized spacial score (nSPS) is 17.4. The molecule has 1 aliphatic rings. The quantitative estimate of drug-likeness (QED) is 0.716. The van der Waals surface area contributed by atoms with Gasteiger partial charge in [-0.2, -0.15) is 0 Å². The van der Waals surface area contributed by atoms with Gasteiger partial charge >= 0.3 is 0 Å². The van der Waals surface area contributed by atoms with E-state index >= 15 is 0 Å². The second kappa shape index (κ2) is 4.41. The Kier molecular flexibility index (Phi) is 2.97. The number of Topliss-reactive ketones (excluding diaryl/α,β-unsaturated/α-hetero) is 1. The number of alkyl halides is 1. The first-order chi connectivity index (χ1) is 7.29. The third-order valence-corrected chi connectivity index (χ3v) is 2.72. The number of aromatic nitrogens is 1. The molecule has 1 unspecified atom stereocenters. The van der Waals surface area contributed by atoms with Crippen molar-refractivity contribution in [3.63, 3.8) is 0 Å². The summed E-state index contributed by atoms with van der Waals surface area (Å²) in [4.78, 5) is 15.7. The Balaban J connectivity index is 2.28. The van der Waals surface area contributed by atoms with Crippen LogP contribution in [-0.2, 0) is 4.79 Å². The van der Waals surface area contributed by atoms with Crippen molar-refractivity contribution >= 4 is 17.4 Å². The first-order valence-corrected chi connectivity index (χ1v) is 5.17. The molecule has 1 aromatic heterocycles. The third kappa shape index (κ3) is 2.16. The molecule has 1 aromatic rings. The first kappa shape index (κ1) is 10.1. The molecule has 0 N–H and O–H groups in total. The number of halogens is 1. The summed E-state index contributed by atoms with van der Waals surface area (Å²) >= 11 is 6.19. The van der Waals surface area contributed by atoms with Gasteiger partial charge in [0, 0.05) is 18.2 Å². The van der Waals surface area contributed by atoms with Gasteiger partial charge in [-0.3, -0.25) is 9.78 Å². The van der Waals surface area contributed by atoms with Gasteiger partial charge in [0.25, 0.3) is 0 Å². The van der Waals surface area contributed by atoms with Crippen LogP contribution in [0.4, 0.5) is 0 Å². The van der Waals surface area contributed by atoms with Crippen LogP contribution in [0.2, 0.25) is 0 Å². The van der Waals surface area contributed by atoms with Crippen molar-refractivity contribution in [1.29, 1.82) is 0 Å². The highest BCUT2D eigenvalue weighted by atomic mass is 35.5. The second-order valence-corrected chi connectivity index (χ2v) is 3.73. The molecule has 0 fully saturated rings. The van der Waals surface area contributed by atoms with Crippen molar-refractivity contribution in [2.45, 2.75) is 11.8 Å². The molecular formula is C12H10ClNO. The monoisotopic (exact) mass is 219 g/mol. The Morgan fingerprint density at radius 2 is 2.27 bits per heavy atom. The summed E-state index contributed by atoms with van der Waals surface area (Å²) in [5.74, 6) is 0.0724. The van der Waals surface area contributed by atoms with Crippen LogP contribution in [0.3, 0.4) is 0 Å². The van der Waals surface area contributed by atoms with E-state index in [1.54, 1.807) is 12.3 Å². The van der Waals surface area contributed by atoms with Crippen LogP contribution in [-0.4, -0.2) is 10.8 Å². The Hall–Kier alpha value is -1.41. The predicted octanol–water partition coefficient (Wildman–Crippen LogP) is 2.82. The Bertz CT molecular complexity index is 423. The summed E-state index contributed by atoms with van der Waals surface area (Å²) in [5.41, 5.74) is 1.34. The standard InChI is InChI=1S/C12H10ClNO/c13-12(10-6-3-4-8-14-10)9-5-1-2-7-11(9)15/h1-6,8,12H,7H2. The fraction of sp³-hybridized carbons (Fsp3) is 0.167. The Morgan fingerprint density at radius 3 is 2.93 bits per heavy atom. The number of carbonyl (C=O) groups is 1. The van der Waals surface area contributed by atoms with Crippen molar-refractivity contribution < 1.29 is 4.79 Å². The lowest BCUT2D eigenvalue weighted by Crippen LogP contribution is -2.10. The minimum atomic E-state index is -0.441. The van der Waals surface area contributed by atoms with Gasteiger partial charge in [-0.15, -0.1) is 11.6 Å². The lowest BCUT2D eigenvalue weighted by atomic mass is 9.98. The number of hydrogen-bond acceptors (Lipinski definition) is 2. The first-order valence-electron chi connectivity index (χ1n) is 4.74. The van der Waals surface area contributed by atoms with E-state index < -0.39 is 5.38 Å². The number of ketones is 1. The number of allylic oxidation sites excluding steroid dienone is 4. The summed E-state index contributed by atoms with van der Waals surface area (Å²) in [6.07, 6.45) is 7.55. The van der Waals surface area contributed by atoms with Gasteiger partial charge in [-0.1, -0.05) is 24.3 Å². The summed E-state index contributed by atoms with van der Waals surface area (Å²) in [7, 11) is 0. The van der Waals surface area contributed by atoms with Crippen LogP contribution in [0.5, 0.6) is 0 Å². The molecule has 0 saturated heterocycles. The number of carbonyl (C=O) groups excluding carboxylic acids is 1. The van der Waals surface area contributed by atoms with E-state index in [1.165, 1.54) is 0 Å². The zero-order valence-corrected chi connectivity index (χ0v) is 8.82. The topological polar surface area (TPSA) is 30.0 Å². The Morgan fingerprint density at radius 1 is 1.40 bits per heavy atom. The van der Waals surface area contributed by atoms with Crippen molar-refractivity contribution in [3.05, 3.63) is 53.9 Å². The molecule has 3 heteroatoms. The highest BCUT2D eigenvalue weighted by Gasteiger charge is 2.21. The molecular weight excluding hydrogens is 210 g/mol. The van der Waals surface area contributed by atoms with Gasteiger partial charge in [0.15, 0.2) is 5.78 Å². The largest absolute Gasteiger partial charge is 0.294 e. The molecule has 0 bridgehead atoms. The van der Waals surface area contributed by atoms with E-state index in [1.807, 2.05) is 30.4 Å². The zero-order chi connectivity index (χ0) is 10.7. The number of nitrogens with zero attached hydrogens (tertiary/aromatic N) is 1. The van der Waals surface area contributed by atoms with Gasteiger partial charge in [-0.25, -0.2) is 0 Å². The Labute approximate surface area is 93.3 Å². The fourth-order valence-corrected chi connectivity index (χ4v) is 1.79. The van der Waals surface area contributed by atoms with Crippen molar-refractivity contribution in [2.75, 3.05) is 0 Å². The van der Waals surface area contributed by atoms with Crippen LogP contribution in [0.15, 0.2) is 48.2 Å². The molecule has 0 aromatic carbocycles. The minimum absolute atomic E-state index is 0.0724. The maximum Gasteiger partial charge on any atom is 0.164 e. The van der Waals surface area contributed by atoms with Gasteiger partial charge in [0.05, 0.1) is 5.69 Å². The highest BCUT2D eigenvalue weighted by Crippen LogP contribution is 2.29.